The molecule has 0 aliphatic heterocycles. The van der Waals surface area contributed by atoms with E-state index in [1.54, 1.807) is 0 Å². The molecule has 0 aliphatic carbocycles. The van der Waals surface area contributed by atoms with Crippen molar-refractivity contribution in [3.8, 4) is 5.88 Å². The Morgan fingerprint density at radius 1 is 1.53 bits per heavy atom. The van der Waals surface area contributed by atoms with Crippen LogP contribution in [0.15, 0.2) is 6.20 Å². The van der Waals surface area contributed by atoms with Crippen molar-refractivity contribution in [3.63, 3.8) is 0 Å². The summed E-state index contributed by atoms with van der Waals surface area (Å²) in [4.78, 5) is 3.48. The minimum Gasteiger partial charge on any atom is -0.397 e. The van der Waals surface area contributed by atoms with Gasteiger partial charge in [-0.25, -0.2) is 4.98 Å². The van der Waals surface area contributed by atoms with E-state index in [-0.39, 0.29) is 5.56 Å². The van der Waals surface area contributed by atoms with Crippen molar-refractivity contribution >= 4 is 21.6 Å². The van der Waals surface area contributed by atoms with E-state index in [9.17, 15) is 13.2 Å². The molecule has 0 bridgehead atoms. The number of aromatic nitrogens is 1. The molecule has 3 nitrogen and oxygen atoms in total. The first-order chi connectivity index (χ1) is 6.85. The van der Waals surface area contributed by atoms with Crippen molar-refractivity contribution in [1.82, 2.24) is 4.98 Å². The van der Waals surface area contributed by atoms with Gasteiger partial charge in [0.25, 0.3) is 0 Å². The highest BCUT2D eigenvalue weighted by Crippen LogP contribution is 2.29. The third kappa shape index (κ3) is 2.98. The maximum Gasteiger partial charge on any atom is 0.574 e. The molecule has 0 amide bonds. The summed E-state index contributed by atoms with van der Waals surface area (Å²) in [5.41, 5.74) is 6.69. The van der Waals surface area contributed by atoms with Gasteiger partial charge in [0.2, 0.25) is 5.88 Å². The van der Waals surface area contributed by atoms with Crippen molar-refractivity contribution in [3.05, 3.63) is 17.3 Å². The molecular weight excluding hydrogens is 277 g/mol. The lowest BCUT2D eigenvalue weighted by atomic mass is 10.1. The number of nitrogen functional groups attached to an aromatic ring is 1. The summed E-state index contributed by atoms with van der Waals surface area (Å²) < 4.78 is 39.6. The number of hydrogen-bond donors (Lipinski definition) is 1. The maximum atomic E-state index is 12.0. The molecule has 0 atom stereocenters. The van der Waals surface area contributed by atoms with Gasteiger partial charge < -0.3 is 10.5 Å². The highest BCUT2D eigenvalue weighted by molar-refractivity contribution is 9.08. The van der Waals surface area contributed by atoms with E-state index in [2.05, 4.69) is 25.7 Å². The average Bonchev–Trinajstić information content (AvgIpc) is 2.09. The fourth-order valence-electron chi connectivity index (χ4n) is 1.04. The fraction of sp³-hybridized carbons (Fsp3) is 0.375. The van der Waals surface area contributed by atoms with Crippen LogP contribution in [0.2, 0.25) is 0 Å². The Balaban J connectivity index is 3.11. The smallest absolute Gasteiger partial charge is 0.397 e. The van der Waals surface area contributed by atoms with Crippen LogP contribution in [0.5, 0.6) is 5.88 Å². The number of nitrogens with two attached hydrogens (primary N) is 1. The molecule has 1 heterocycles. The van der Waals surface area contributed by atoms with Gasteiger partial charge in [-0.05, 0) is 12.5 Å². The van der Waals surface area contributed by atoms with E-state index < -0.39 is 12.2 Å². The summed E-state index contributed by atoms with van der Waals surface area (Å²) in [5, 5.41) is 0.349. The summed E-state index contributed by atoms with van der Waals surface area (Å²) >= 11 is 3.13. The lowest BCUT2D eigenvalue weighted by molar-refractivity contribution is -0.276. The third-order valence-corrected chi connectivity index (χ3v) is 2.35. The zero-order chi connectivity index (χ0) is 11.6. The molecule has 0 aromatic carbocycles. The van der Waals surface area contributed by atoms with Crippen molar-refractivity contribution in [1.29, 1.82) is 0 Å². The lowest BCUT2D eigenvalue weighted by Crippen LogP contribution is -2.19. The maximum absolute atomic E-state index is 12.0. The number of pyridine rings is 1. The van der Waals surface area contributed by atoms with Crippen LogP contribution in [0.1, 0.15) is 11.1 Å². The van der Waals surface area contributed by atoms with Gasteiger partial charge in [0.05, 0.1) is 11.9 Å². The monoisotopic (exact) mass is 284 g/mol. The molecule has 84 valence electrons. The standard InChI is InChI=1S/C8H8BrF3N2O/c1-4-5(2-9)6(13)3-14-7(4)15-8(10,11)12/h3H,2,13H2,1H3. The SMILES string of the molecule is Cc1c(OC(F)(F)F)ncc(N)c1CBr. The zero-order valence-corrected chi connectivity index (χ0v) is 9.32. The van der Waals surface area contributed by atoms with Gasteiger partial charge >= 0.3 is 6.36 Å². The lowest BCUT2D eigenvalue weighted by Gasteiger charge is -2.13. The normalized spacial score (nSPS) is 11.5. The van der Waals surface area contributed by atoms with Crippen LogP contribution >= 0.6 is 15.9 Å². The summed E-state index contributed by atoms with van der Waals surface area (Å²) in [6, 6.07) is 0. The first-order valence-electron chi connectivity index (χ1n) is 3.91. The molecule has 0 aliphatic rings. The van der Waals surface area contributed by atoms with E-state index in [4.69, 9.17) is 5.73 Å². The Morgan fingerprint density at radius 2 is 2.13 bits per heavy atom. The molecule has 15 heavy (non-hydrogen) atoms. The van der Waals surface area contributed by atoms with Crippen LogP contribution in [-0.4, -0.2) is 11.3 Å². The summed E-state index contributed by atoms with van der Waals surface area (Å²) in [5.74, 6) is -0.467. The van der Waals surface area contributed by atoms with Gasteiger partial charge in [-0.15, -0.1) is 13.2 Å². The van der Waals surface area contributed by atoms with Gasteiger partial charge in [-0.3, -0.25) is 0 Å². The second kappa shape index (κ2) is 4.26. The number of nitrogens with zero attached hydrogens (tertiary/aromatic N) is 1. The van der Waals surface area contributed by atoms with Crippen LogP contribution in [0.3, 0.4) is 0 Å². The predicted octanol–water partition coefficient (Wildman–Crippen LogP) is 2.77. The molecule has 0 fully saturated rings. The Hall–Kier alpha value is -0.980. The highest BCUT2D eigenvalue weighted by Gasteiger charge is 2.32. The molecule has 1 aromatic rings. The van der Waals surface area contributed by atoms with Gasteiger partial charge in [-0.1, -0.05) is 15.9 Å². The largest absolute Gasteiger partial charge is 0.574 e. The van der Waals surface area contributed by atoms with Crippen molar-refractivity contribution < 1.29 is 17.9 Å². The van der Waals surface area contributed by atoms with Crippen LogP contribution in [-0.2, 0) is 5.33 Å². The molecule has 0 saturated carbocycles. The molecule has 0 unspecified atom stereocenters. The third-order valence-electron chi connectivity index (χ3n) is 1.79. The number of anilines is 1. The highest BCUT2D eigenvalue weighted by atomic mass is 79.9. The van der Waals surface area contributed by atoms with Crippen molar-refractivity contribution in [2.24, 2.45) is 0 Å². The van der Waals surface area contributed by atoms with Gasteiger partial charge in [0.1, 0.15) is 0 Å². The summed E-state index contributed by atoms with van der Waals surface area (Å²) in [6.45, 7) is 1.47. The topological polar surface area (TPSA) is 48.1 Å². The number of alkyl halides is 4. The van der Waals surface area contributed by atoms with Crippen LogP contribution in [0, 0.1) is 6.92 Å². The van der Waals surface area contributed by atoms with Crippen molar-refractivity contribution in [2.75, 3.05) is 5.73 Å². The van der Waals surface area contributed by atoms with Crippen LogP contribution < -0.4 is 10.5 Å². The van der Waals surface area contributed by atoms with E-state index in [0.717, 1.165) is 6.20 Å². The van der Waals surface area contributed by atoms with Gasteiger partial charge in [0.15, 0.2) is 0 Å². The molecule has 1 rings (SSSR count). The molecule has 2 N–H and O–H groups in total. The second-order valence-corrected chi connectivity index (χ2v) is 3.36. The van der Waals surface area contributed by atoms with E-state index in [1.807, 2.05) is 0 Å². The Morgan fingerprint density at radius 3 is 2.60 bits per heavy atom. The zero-order valence-electron chi connectivity index (χ0n) is 7.73. The van der Waals surface area contributed by atoms with Crippen molar-refractivity contribution in [2.45, 2.75) is 18.6 Å². The van der Waals surface area contributed by atoms with E-state index in [0.29, 0.717) is 16.6 Å². The molecule has 0 radical (unpaired) electrons. The minimum atomic E-state index is -4.74. The van der Waals surface area contributed by atoms with Crippen LogP contribution in [0.25, 0.3) is 0 Å². The molecule has 1 aromatic heterocycles. The van der Waals surface area contributed by atoms with E-state index >= 15 is 0 Å². The molecular formula is C8H8BrF3N2O. The quantitative estimate of drug-likeness (QED) is 0.850. The Kier molecular flexibility index (Phi) is 3.43. The number of ether oxygens (including phenoxy) is 1. The Labute approximate surface area is 92.6 Å². The van der Waals surface area contributed by atoms with Gasteiger partial charge in [0, 0.05) is 10.9 Å². The predicted molar refractivity (Wildman–Crippen MR) is 52.7 cm³/mol. The fourth-order valence-corrected chi connectivity index (χ4v) is 1.78. The summed E-state index contributed by atoms with van der Waals surface area (Å²) in [6.07, 6.45) is -3.60. The second-order valence-electron chi connectivity index (χ2n) is 2.80. The first kappa shape index (κ1) is 12.1. The number of halogens is 4. The number of hydrogen-bond acceptors (Lipinski definition) is 3. The van der Waals surface area contributed by atoms with E-state index in [1.165, 1.54) is 6.92 Å². The average molecular weight is 285 g/mol. The molecule has 7 heteroatoms. The minimum absolute atomic E-state index is 0.282. The number of rotatable bonds is 2. The first-order valence-corrected chi connectivity index (χ1v) is 5.03. The molecule has 0 spiro atoms. The summed E-state index contributed by atoms with van der Waals surface area (Å²) in [7, 11) is 0. The van der Waals surface area contributed by atoms with Crippen LogP contribution in [0.4, 0.5) is 18.9 Å². The van der Waals surface area contributed by atoms with Gasteiger partial charge in [-0.2, -0.15) is 0 Å². The molecule has 0 saturated heterocycles. The Bertz CT molecular complexity index is 368.